The maximum atomic E-state index is 12.5. The van der Waals surface area contributed by atoms with E-state index in [1.54, 1.807) is 0 Å². The van der Waals surface area contributed by atoms with Gasteiger partial charge in [-0.1, -0.05) is 34.8 Å². The highest BCUT2D eigenvalue weighted by molar-refractivity contribution is 6.68. The lowest BCUT2D eigenvalue weighted by molar-refractivity contribution is -0.367. The van der Waals surface area contributed by atoms with Gasteiger partial charge in [-0.3, -0.25) is 4.79 Å². The Balaban J connectivity index is 6.02. The molecule has 102 valence electrons. The normalized spacial score (nSPS) is 14.7. The maximum absolute atomic E-state index is 12.5. The first kappa shape index (κ1) is 16.9. The van der Waals surface area contributed by atoms with E-state index in [9.17, 15) is 31.1 Å². The molecular formula is C6H3Cl3F6O2. The molecule has 0 radical (unpaired) electrons. The zero-order chi connectivity index (χ0) is 14.3. The molecule has 17 heavy (non-hydrogen) atoms. The highest BCUT2D eigenvalue weighted by Crippen LogP contribution is 2.57. The van der Waals surface area contributed by atoms with E-state index in [2.05, 4.69) is 39.5 Å². The van der Waals surface area contributed by atoms with Crippen LogP contribution in [-0.2, 0) is 9.53 Å². The minimum absolute atomic E-state index is 0.322. The summed E-state index contributed by atoms with van der Waals surface area (Å²) in [7, 11) is 0. The molecule has 0 atom stereocenters. The average molecular weight is 327 g/mol. The van der Waals surface area contributed by atoms with E-state index in [0.29, 0.717) is 6.92 Å². The molecule has 0 N–H and O–H groups in total. The van der Waals surface area contributed by atoms with E-state index in [4.69, 9.17) is 0 Å². The molecule has 0 aromatic rings. The lowest BCUT2D eigenvalue weighted by atomic mass is 10.0. The van der Waals surface area contributed by atoms with Crippen molar-refractivity contribution in [3.05, 3.63) is 0 Å². The molecule has 0 aliphatic carbocycles. The predicted molar refractivity (Wildman–Crippen MR) is 46.9 cm³/mol. The van der Waals surface area contributed by atoms with E-state index >= 15 is 0 Å². The number of carbonyl (C=O) groups is 1. The quantitative estimate of drug-likeness (QED) is 0.416. The van der Waals surface area contributed by atoms with Crippen LogP contribution >= 0.6 is 34.8 Å². The molecule has 2 nitrogen and oxygen atoms in total. The molecule has 0 unspecified atom stereocenters. The number of rotatable bonds is 1. The Morgan fingerprint density at radius 2 is 1.24 bits per heavy atom. The van der Waals surface area contributed by atoms with Crippen LogP contribution in [0.2, 0.25) is 0 Å². The first-order valence-corrected chi connectivity index (χ1v) is 4.70. The molecule has 0 aromatic carbocycles. The zero-order valence-corrected chi connectivity index (χ0v) is 9.99. The third-order valence-electron chi connectivity index (χ3n) is 1.49. The molecule has 0 aromatic heterocycles. The number of ether oxygens (including phenoxy) is 1. The van der Waals surface area contributed by atoms with Gasteiger partial charge in [-0.15, -0.1) is 0 Å². The summed E-state index contributed by atoms with van der Waals surface area (Å²) in [6.07, 6.45) is -12.3. The van der Waals surface area contributed by atoms with Crippen molar-refractivity contribution in [1.82, 2.24) is 0 Å². The van der Waals surface area contributed by atoms with Crippen LogP contribution in [0.3, 0.4) is 0 Å². The first-order chi connectivity index (χ1) is 7.17. The van der Waals surface area contributed by atoms with Gasteiger partial charge in [0.15, 0.2) is 0 Å². The van der Waals surface area contributed by atoms with Crippen molar-refractivity contribution in [3.63, 3.8) is 0 Å². The number of hydrogen-bond donors (Lipinski definition) is 0. The second kappa shape index (κ2) is 4.55. The van der Waals surface area contributed by atoms with Gasteiger partial charge in [-0.2, -0.15) is 26.3 Å². The summed E-state index contributed by atoms with van der Waals surface area (Å²) in [6.45, 7) is 0.322. The van der Waals surface area contributed by atoms with Crippen LogP contribution in [0.5, 0.6) is 0 Å². The first-order valence-electron chi connectivity index (χ1n) is 3.56. The zero-order valence-electron chi connectivity index (χ0n) is 7.72. The summed E-state index contributed by atoms with van der Waals surface area (Å²) in [5, 5.41) is 0. The molecular weight excluding hydrogens is 324 g/mol. The average Bonchev–Trinajstić information content (AvgIpc) is 1.91. The number of alkyl halides is 9. The van der Waals surface area contributed by atoms with Gasteiger partial charge in [0.05, 0.1) is 0 Å². The van der Waals surface area contributed by atoms with Crippen molar-refractivity contribution >= 4 is 40.8 Å². The fourth-order valence-electron chi connectivity index (χ4n) is 0.871. The van der Waals surface area contributed by atoms with Crippen molar-refractivity contribution in [3.8, 4) is 0 Å². The maximum Gasteiger partial charge on any atom is 0.442 e. The molecule has 0 saturated carbocycles. The molecule has 0 saturated heterocycles. The fraction of sp³-hybridized carbons (Fsp3) is 0.833. The van der Waals surface area contributed by atoms with Crippen molar-refractivity contribution in [2.45, 2.75) is 28.7 Å². The van der Waals surface area contributed by atoms with Gasteiger partial charge < -0.3 is 4.74 Å². The minimum Gasteiger partial charge on any atom is -0.436 e. The van der Waals surface area contributed by atoms with Gasteiger partial charge in [0.1, 0.15) is 0 Å². The molecule has 0 amide bonds. The molecule has 0 spiro atoms. The fourth-order valence-corrected chi connectivity index (χ4v) is 1.63. The summed E-state index contributed by atoms with van der Waals surface area (Å²) in [5.74, 6) is -1.90. The summed E-state index contributed by atoms with van der Waals surface area (Å²) >= 11 is 14.0. The second-order valence-corrected chi connectivity index (χ2v) is 5.05. The van der Waals surface area contributed by atoms with Crippen LogP contribution in [-0.4, -0.2) is 27.7 Å². The van der Waals surface area contributed by atoms with Gasteiger partial charge in [-0.05, 0) is 0 Å². The molecule has 0 bridgehead atoms. The van der Waals surface area contributed by atoms with Gasteiger partial charge >= 0.3 is 23.9 Å². The largest absolute Gasteiger partial charge is 0.442 e. The van der Waals surface area contributed by atoms with E-state index in [1.165, 1.54) is 0 Å². The van der Waals surface area contributed by atoms with E-state index in [-0.39, 0.29) is 0 Å². The Bertz CT molecular complexity index is 268. The summed E-state index contributed by atoms with van der Waals surface area (Å²) in [4.78, 5) is 10.4. The standard InChI is InChI=1S/C6H3Cl3F6O2/c1-2(16)17-3(4(7,8)9,5(10,11)12)6(13,14)15/h1H3. The van der Waals surface area contributed by atoms with Crippen LogP contribution in [0.15, 0.2) is 0 Å². The smallest absolute Gasteiger partial charge is 0.436 e. The number of esters is 1. The Morgan fingerprint density at radius 1 is 0.941 bits per heavy atom. The van der Waals surface area contributed by atoms with Crippen molar-refractivity contribution < 1.29 is 35.9 Å². The molecule has 0 heterocycles. The molecule has 0 rings (SSSR count). The van der Waals surface area contributed by atoms with Crippen LogP contribution in [0, 0.1) is 0 Å². The summed E-state index contributed by atoms with van der Waals surface area (Å²) < 4.78 is 74.1. The molecule has 0 fully saturated rings. The van der Waals surface area contributed by atoms with Gasteiger partial charge in [-0.25, -0.2) is 0 Å². The summed E-state index contributed by atoms with van der Waals surface area (Å²) in [6, 6.07) is 0. The van der Waals surface area contributed by atoms with Crippen LogP contribution in [0.4, 0.5) is 26.3 Å². The van der Waals surface area contributed by atoms with E-state index in [1.807, 2.05) is 0 Å². The summed E-state index contributed by atoms with van der Waals surface area (Å²) in [5.41, 5.74) is -5.22. The SMILES string of the molecule is CC(=O)OC(C(F)(F)F)(C(F)(F)F)C(Cl)(Cl)Cl. The van der Waals surface area contributed by atoms with Crippen molar-refractivity contribution in [2.75, 3.05) is 0 Å². The van der Waals surface area contributed by atoms with Gasteiger partial charge in [0.2, 0.25) is 3.79 Å². The lowest BCUT2D eigenvalue weighted by Crippen LogP contribution is -2.67. The number of hydrogen-bond acceptors (Lipinski definition) is 2. The predicted octanol–water partition coefficient (Wildman–Crippen LogP) is 3.78. The van der Waals surface area contributed by atoms with Crippen LogP contribution in [0.1, 0.15) is 6.92 Å². The Kier molecular flexibility index (Phi) is 4.52. The molecule has 0 aliphatic heterocycles. The van der Waals surface area contributed by atoms with E-state index < -0.39 is 27.7 Å². The number of carbonyl (C=O) groups excluding carboxylic acids is 1. The molecule has 11 heteroatoms. The van der Waals surface area contributed by atoms with Crippen LogP contribution < -0.4 is 0 Å². The second-order valence-electron chi connectivity index (χ2n) is 2.77. The topological polar surface area (TPSA) is 26.3 Å². The van der Waals surface area contributed by atoms with E-state index in [0.717, 1.165) is 0 Å². The van der Waals surface area contributed by atoms with Crippen LogP contribution in [0.25, 0.3) is 0 Å². The van der Waals surface area contributed by atoms with Crippen molar-refractivity contribution in [1.29, 1.82) is 0 Å². The van der Waals surface area contributed by atoms with Crippen molar-refractivity contribution in [2.24, 2.45) is 0 Å². The Labute approximate surface area is 106 Å². The Morgan fingerprint density at radius 3 is 1.29 bits per heavy atom. The Hall–Kier alpha value is -0.0800. The van der Waals surface area contributed by atoms with Gasteiger partial charge in [0, 0.05) is 6.92 Å². The highest BCUT2D eigenvalue weighted by Gasteiger charge is 2.83. The third-order valence-corrected chi connectivity index (χ3v) is 2.29. The highest BCUT2D eigenvalue weighted by atomic mass is 35.6. The third kappa shape index (κ3) is 3.03. The number of halogens is 9. The van der Waals surface area contributed by atoms with Gasteiger partial charge in [0.25, 0.3) is 0 Å². The monoisotopic (exact) mass is 326 g/mol. The minimum atomic E-state index is -6.15. The lowest BCUT2D eigenvalue weighted by Gasteiger charge is -2.40. The molecule has 0 aliphatic rings.